The van der Waals surface area contributed by atoms with Crippen LogP contribution in [0.2, 0.25) is 0 Å². The first kappa shape index (κ1) is 22.6. The number of nitrogens with one attached hydrogen (secondary N) is 2. The summed E-state index contributed by atoms with van der Waals surface area (Å²) in [7, 11) is -3.64. The Morgan fingerprint density at radius 2 is 1.76 bits per heavy atom. The quantitative estimate of drug-likeness (QED) is 0.518. The molecule has 0 spiro atoms. The van der Waals surface area contributed by atoms with Crippen molar-refractivity contribution < 1.29 is 27.5 Å². The fourth-order valence-corrected chi connectivity index (χ4v) is 4.83. The zero-order valence-corrected chi connectivity index (χ0v) is 18.3. The number of para-hydroxylation sites is 1. The van der Waals surface area contributed by atoms with Gasteiger partial charge in [0.25, 0.3) is 5.91 Å². The molecule has 0 atom stereocenters. The van der Waals surface area contributed by atoms with Gasteiger partial charge in [-0.25, -0.2) is 13.2 Å². The van der Waals surface area contributed by atoms with E-state index in [1.165, 1.54) is 28.6 Å². The normalized spacial score (nSPS) is 14.7. The average Bonchev–Trinajstić information content (AvgIpc) is 2.83. The Morgan fingerprint density at radius 3 is 2.48 bits per heavy atom. The van der Waals surface area contributed by atoms with Crippen LogP contribution in [0.3, 0.4) is 0 Å². The first-order chi connectivity index (χ1) is 15.8. The number of hydrogen-bond donors (Lipinski definition) is 2. The number of amides is 1. The van der Waals surface area contributed by atoms with E-state index in [9.17, 15) is 22.8 Å². The van der Waals surface area contributed by atoms with Crippen molar-refractivity contribution in [2.45, 2.75) is 4.90 Å². The zero-order chi connectivity index (χ0) is 23.4. The van der Waals surface area contributed by atoms with Crippen molar-refractivity contribution in [1.82, 2.24) is 9.29 Å². The van der Waals surface area contributed by atoms with Crippen LogP contribution >= 0.6 is 0 Å². The number of hydrogen-bond acceptors (Lipinski definition) is 7. The van der Waals surface area contributed by atoms with Crippen molar-refractivity contribution in [3.63, 3.8) is 0 Å². The summed E-state index contributed by atoms with van der Waals surface area (Å²) in [6.45, 7) is 0.690. The van der Waals surface area contributed by atoms with Crippen molar-refractivity contribution >= 4 is 38.5 Å². The second-order valence-electron chi connectivity index (χ2n) is 7.26. The number of fused-ring (bicyclic) bond motifs is 1. The van der Waals surface area contributed by atoms with Crippen LogP contribution in [0.1, 0.15) is 10.4 Å². The summed E-state index contributed by atoms with van der Waals surface area (Å²) in [5, 5.41) is 3.04. The monoisotopic (exact) mass is 471 g/mol. The molecule has 172 valence electrons. The molecule has 0 bridgehead atoms. The van der Waals surface area contributed by atoms with Crippen LogP contribution in [0.5, 0.6) is 0 Å². The van der Waals surface area contributed by atoms with Gasteiger partial charge in [0, 0.05) is 35.7 Å². The Morgan fingerprint density at radius 1 is 1.06 bits per heavy atom. The van der Waals surface area contributed by atoms with Gasteiger partial charge < -0.3 is 19.8 Å². The number of sulfonamides is 1. The predicted molar refractivity (Wildman–Crippen MR) is 120 cm³/mol. The number of aromatic nitrogens is 1. The van der Waals surface area contributed by atoms with Crippen LogP contribution in [-0.2, 0) is 24.3 Å². The lowest BCUT2D eigenvalue weighted by Crippen LogP contribution is -2.40. The van der Waals surface area contributed by atoms with E-state index in [4.69, 9.17) is 9.47 Å². The maximum atomic E-state index is 12.7. The van der Waals surface area contributed by atoms with Crippen molar-refractivity contribution in [3.8, 4) is 0 Å². The number of rotatable bonds is 6. The molecule has 1 aliphatic rings. The summed E-state index contributed by atoms with van der Waals surface area (Å²) in [4.78, 5) is 39.2. The molecule has 0 saturated carbocycles. The van der Waals surface area contributed by atoms with Crippen LogP contribution in [-0.4, -0.2) is 62.5 Å². The number of aromatic amines is 1. The molecule has 2 aromatic carbocycles. The van der Waals surface area contributed by atoms with E-state index in [1.807, 2.05) is 0 Å². The van der Waals surface area contributed by atoms with Crippen LogP contribution in [0.25, 0.3) is 10.9 Å². The van der Waals surface area contributed by atoms with Crippen molar-refractivity contribution in [1.29, 1.82) is 0 Å². The van der Waals surface area contributed by atoms with Gasteiger partial charge in [-0.1, -0.05) is 18.2 Å². The first-order valence-corrected chi connectivity index (χ1v) is 11.6. The Bertz CT molecular complexity index is 1340. The van der Waals surface area contributed by atoms with Gasteiger partial charge in [-0.05, 0) is 30.3 Å². The average molecular weight is 471 g/mol. The van der Waals surface area contributed by atoms with Crippen molar-refractivity contribution in [2.75, 3.05) is 38.2 Å². The van der Waals surface area contributed by atoms with E-state index >= 15 is 0 Å². The highest BCUT2D eigenvalue weighted by Gasteiger charge is 2.26. The third kappa shape index (κ3) is 5.11. The van der Waals surface area contributed by atoms with Crippen LogP contribution in [0, 0.1) is 0 Å². The molecule has 0 radical (unpaired) electrons. The highest BCUT2D eigenvalue weighted by molar-refractivity contribution is 7.89. The number of nitrogens with zero attached hydrogens (tertiary/aromatic N) is 1. The number of carbonyl (C=O) groups is 2. The number of anilines is 1. The molecule has 0 aliphatic carbocycles. The van der Waals surface area contributed by atoms with E-state index in [0.29, 0.717) is 29.8 Å². The lowest BCUT2D eigenvalue weighted by Gasteiger charge is -2.26. The number of benzene rings is 2. The molecule has 0 unspecified atom stereocenters. The maximum Gasteiger partial charge on any atom is 0.339 e. The number of carbonyl (C=O) groups excluding carboxylic acids is 2. The molecule has 33 heavy (non-hydrogen) atoms. The van der Waals surface area contributed by atoms with Gasteiger partial charge in [-0.3, -0.25) is 9.59 Å². The minimum absolute atomic E-state index is 0.0554. The molecule has 1 fully saturated rings. The van der Waals surface area contributed by atoms with Gasteiger partial charge in [0.1, 0.15) is 0 Å². The van der Waals surface area contributed by atoms with Crippen molar-refractivity contribution in [3.05, 3.63) is 70.5 Å². The van der Waals surface area contributed by atoms with Gasteiger partial charge >= 0.3 is 5.97 Å². The Labute approximate surface area is 189 Å². The van der Waals surface area contributed by atoms with Crippen LogP contribution < -0.4 is 10.9 Å². The van der Waals surface area contributed by atoms with Gasteiger partial charge in [-0.2, -0.15) is 4.31 Å². The molecular formula is C22H21N3O7S. The SMILES string of the molecule is O=C(COC(=O)c1cc(=O)[nH]c2ccccc12)Nc1ccc(S(=O)(=O)N2CCOCC2)cc1. The van der Waals surface area contributed by atoms with Gasteiger partial charge in [0.05, 0.1) is 23.7 Å². The minimum Gasteiger partial charge on any atom is -0.452 e. The zero-order valence-electron chi connectivity index (χ0n) is 17.4. The van der Waals surface area contributed by atoms with Gasteiger partial charge in [-0.15, -0.1) is 0 Å². The van der Waals surface area contributed by atoms with Crippen molar-refractivity contribution in [2.24, 2.45) is 0 Å². The number of morpholine rings is 1. The second kappa shape index (κ2) is 9.53. The summed E-state index contributed by atoms with van der Waals surface area (Å²) < 4.78 is 36.9. The second-order valence-corrected chi connectivity index (χ2v) is 9.20. The summed E-state index contributed by atoms with van der Waals surface area (Å²) >= 11 is 0. The fraction of sp³-hybridized carbons (Fsp3) is 0.227. The van der Waals surface area contributed by atoms with E-state index in [-0.39, 0.29) is 23.5 Å². The highest BCUT2D eigenvalue weighted by Crippen LogP contribution is 2.20. The molecule has 1 saturated heterocycles. The Balaban J connectivity index is 1.38. The number of H-pyrrole nitrogens is 1. The molecule has 10 nitrogen and oxygen atoms in total. The standard InChI is InChI=1S/C22H21N3O7S/c26-20-13-18(17-3-1-2-4-19(17)24-20)22(28)32-14-21(27)23-15-5-7-16(8-6-15)33(29,30)25-9-11-31-12-10-25/h1-8,13H,9-12,14H2,(H,23,27)(H,24,26). The first-order valence-electron chi connectivity index (χ1n) is 10.1. The predicted octanol–water partition coefficient (Wildman–Crippen LogP) is 1.34. The molecule has 1 amide bonds. The maximum absolute atomic E-state index is 12.7. The third-order valence-corrected chi connectivity index (χ3v) is 6.96. The molecular weight excluding hydrogens is 450 g/mol. The molecule has 3 aromatic rings. The van der Waals surface area contributed by atoms with Gasteiger partial charge in [0.2, 0.25) is 15.6 Å². The van der Waals surface area contributed by atoms with E-state index in [0.717, 1.165) is 6.07 Å². The topological polar surface area (TPSA) is 135 Å². The molecule has 2 heterocycles. The molecule has 1 aliphatic heterocycles. The smallest absolute Gasteiger partial charge is 0.339 e. The number of pyridine rings is 1. The van der Waals surface area contributed by atoms with Crippen LogP contribution in [0.15, 0.2) is 64.3 Å². The summed E-state index contributed by atoms with van der Waals surface area (Å²) in [6.07, 6.45) is 0. The summed E-state index contributed by atoms with van der Waals surface area (Å²) in [5.41, 5.74) is 0.421. The molecule has 11 heteroatoms. The Kier molecular flexibility index (Phi) is 6.54. The highest BCUT2D eigenvalue weighted by atomic mass is 32.2. The largest absolute Gasteiger partial charge is 0.452 e. The minimum atomic E-state index is -3.64. The number of ether oxygens (including phenoxy) is 2. The van der Waals surface area contributed by atoms with Gasteiger partial charge in [0.15, 0.2) is 6.61 Å². The Hall–Kier alpha value is -3.54. The lowest BCUT2D eigenvalue weighted by molar-refractivity contribution is -0.119. The summed E-state index contributed by atoms with van der Waals surface area (Å²) in [6, 6.07) is 13.6. The van der Waals surface area contributed by atoms with Crippen LogP contribution in [0.4, 0.5) is 5.69 Å². The molecule has 1 aromatic heterocycles. The van der Waals surface area contributed by atoms with E-state index in [1.54, 1.807) is 24.3 Å². The molecule has 4 rings (SSSR count). The number of esters is 1. The third-order valence-electron chi connectivity index (χ3n) is 5.05. The van der Waals surface area contributed by atoms with E-state index < -0.39 is 34.1 Å². The fourth-order valence-electron chi connectivity index (χ4n) is 3.43. The van der Waals surface area contributed by atoms with E-state index in [2.05, 4.69) is 10.3 Å². The lowest BCUT2D eigenvalue weighted by atomic mass is 10.1. The molecule has 2 N–H and O–H groups in total. The summed E-state index contributed by atoms with van der Waals surface area (Å²) in [5.74, 6) is -1.42.